The van der Waals surface area contributed by atoms with Crippen LogP contribution in [-0.2, 0) is 0 Å². The van der Waals surface area contributed by atoms with Crippen molar-refractivity contribution < 1.29 is 0 Å². The third-order valence-electron chi connectivity index (χ3n) is 2.95. The molecule has 0 radical (unpaired) electrons. The van der Waals surface area contributed by atoms with Gasteiger partial charge in [0.25, 0.3) is 0 Å². The monoisotopic (exact) mass is 218 g/mol. The van der Waals surface area contributed by atoms with Gasteiger partial charge < -0.3 is 0 Å². The summed E-state index contributed by atoms with van der Waals surface area (Å²) in [5.74, 6) is 1.76. The first-order valence-electron chi connectivity index (χ1n) is 6.41. The van der Waals surface area contributed by atoms with E-state index in [1.54, 1.807) is 0 Å². The van der Waals surface area contributed by atoms with Crippen LogP contribution >= 0.6 is 11.6 Å². The highest BCUT2D eigenvalue weighted by molar-refractivity contribution is 6.17. The van der Waals surface area contributed by atoms with Crippen LogP contribution in [0.15, 0.2) is 0 Å². The van der Waals surface area contributed by atoms with Crippen LogP contribution in [0.1, 0.15) is 71.6 Å². The Morgan fingerprint density at radius 2 is 1.29 bits per heavy atom. The normalized spacial score (nSPS) is 11.1. The molecule has 0 aromatic rings. The smallest absolute Gasteiger partial charge is 0.0226 e. The largest absolute Gasteiger partial charge is 0.127 e. The van der Waals surface area contributed by atoms with Crippen LogP contribution < -0.4 is 0 Å². The van der Waals surface area contributed by atoms with Crippen LogP contribution in [0.5, 0.6) is 0 Å². The summed E-state index contributed by atoms with van der Waals surface area (Å²) in [6.07, 6.45) is 12.3. The van der Waals surface area contributed by atoms with E-state index in [-0.39, 0.29) is 0 Å². The van der Waals surface area contributed by atoms with Crippen molar-refractivity contribution >= 4 is 11.6 Å². The van der Waals surface area contributed by atoms with Gasteiger partial charge in [-0.3, -0.25) is 0 Å². The van der Waals surface area contributed by atoms with E-state index in [1.165, 1.54) is 57.8 Å². The predicted molar refractivity (Wildman–Crippen MR) is 67.1 cm³/mol. The Balaban J connectivity index is 3.44. The molecular formula is C13H27Cl. The molecule has 0 rings (SSSR count). The van der Waals surface area contributed by atoms with Crippen LogP contribution in [0.3, 0.4) is 0 Å². The number of halogens is 1. The fraction of sp³-hybridized carbons (Fsp3) is 1.00. The third kappa shape index (κ3) is 8.87. The Kier molecular flexibility index (Phi) is 11.6. The van der Waals surface area contributed by atoms with Gasteiger partial charge >= 0.3 is 0 Å². The topological polar surface area (TPSA) is 0 Å². The maximum atomic E-state index is 5.82. The first-order chi connectivity index (χ1) is 6.85. The maximum Gasteiger partial charge on any atom is 0.0226 e. The van der Waals surface area contributed by atoms with Crippen molar-refractivity contribution in [2.24, 2.45) is 5.92 Å². The Hall–Kier alpha value is 0.290. The van der Waals surface area contributed by atoms with Gasteiger partial charge in [0.2, 0.25) is 0 Å². The molecule has 0 heterocycles. The van der Waals surface area contributed by atoms with E-state index in [1.807, 2.05) is 0 Å². The van der Waals surface area contributed by atoms with Crippen molar-refractivity contribution in [1.82, 2.24) is 0 Å². The molecular weight excluding hydrogens is 192 g/mol. The summed E-state index contributed by atoms with van der Waals surface area (Å²) in [7, 11) is 0. The Morgan fingerprint density at radius 1 is 0.786 bits per heavy atom. The van der Waals surface area contributed by atoms with Crippen LogP contribution in [0, 0.1) is 5.92 Å². The van der Waals surface area contributed by atoms with Gasteiger partial charge in [0.1, 0.15) is 0 Å². The molecule has 0 fully saturated rings. The zero-order valence-corrected chi connectivity index (χ0v) is 10.8. The van der Waals surface area contributed by atoms with E-state index in [2.05, 4.69) is 13.8 Å². The molecule has 0 saturated heterocycles. The molecule has 0 nitrogen and oxygen atoms in total. The second kappa shape index (κ2) is 11.4. The zero-order chi connectivity index (χ0) is 10.6. The number of hydrogen-bond acceptors (Lipinski definition) is 0. The Morgan fingerprint density at radius 3 is 1.64 bits per heavy atom. The summed E-state index contributed by atoms with van der Waals surface area (Å²) >= 11 is 5.82. The molecule has 0 aliphatic heterocycles. The third-order valence-corrected chi connectivity index (χ3v) is 3.17. The Labute approximate surface area is 95.4 Å². The highest BCUT2D eigenvalue weighted by Gasteiger charge is 2.06. The summed E-state index contributed by atoms with van der Waals surface area (Å²) in [5.41, 5.74) is 0. The fourth-order valence-electron chi connectivity index (χ4n) is 1.95. The SMILES string of the molecule is CCCCCC(CCCl)CCCCC. The van der Waals surface area contributed by atoms with Gasteiger partial charge in [0, 0.05) is 5.88 Å². The molecule has 0 aromatic carbocycles. The van der Waals surface area contributed by atoms with Gasteiger partial charge in [0.15, 0.2) is 0 Å². The molecule has 0 unspecified atom stereocenters. The number of alkyl halides is 1. The Bertz CT molecular complexity index is 91.4. The number of unbranched alkanes of at least 4 members (excludes halogenated alkanes) is 4. The van der Waals surface area contributed by atoms with Crippen molar-refractivity contribution in [2.45, 2.75) is 71.6 Å². The molecule has 0 atom stereocenters. The summed E-state index contributed by atoms with van der Waals surface area (Å²) in [6, 6.07) is 0. The molecule has 0 aliphatic rings. The second-order valence-electron chi connectivity index (χ2n) is 4.34. The van der Waals surface area contributed by atoms with Gasteiger partial charge in [-0.2, -0.15) is 0 Å². The van der Waals surface area contributed by atoms with Crippen LogP contribution in [0.4, 0.5) is 0 Å². The van der Waals surface area contributed by atoms with Crippen molar-refractivity contribution in [3.05, 3.63) is 0 Å². The van der Waals surface area contributed by atoms with E-state index in [4.69, 9.17) is 11.6 Å². The first kappa shape index (κ1) is 14.3. The van der Waals surface area contributed by atoms with Crippen LogP contribution in [0.2, 0.25) is 0 Å². The molecule has 86 valence electrons. The number of rotatable bonds is 10. The lowest BCUT2D eigenvalue weighted by molar-refractivity contribution is 0.401. The van der Waals surface area contributed by atoms with Gasteiger partial charge in [-0.05, 0) is 12.3 Å². The van der Waals surface area contributed by atoms with E-state index >= 15 is 0 Å². The molecule has 0 saturated carbocycles. The summed E-state index contributed by atoms with van der Waals surface area (Å²) in [6.45, 7) is 4.54. The maximum absolute atomic E-state index is 5.82. The zero-order valence-electron chi connectivity index (χ0n) is 10.0. The first-order valence-corrected chi connectivity index (χ1v) is 6.94. The van der Waals surface area contributed by atoms with E-state index in [0.717, 1.165) is 11.8 Å². The number of hydrogen-bond donors (Lipinski definition) is 0. The standard InChI is InChI=1S/C13H27Cl/c1-3-5-7-9-13(11-12-14)10-8-6-4-2/h13H,3-12H2,1-2H3. The molecule has 0 aliphatic carbocycles. The van der Waals surface area contributed by atoms with E-state index in [0.29, 0.717) is 0 Å². The minimum atomic E-state index is 0.850. The summed E-state index contributed by atoms with van der Waals surface area (Å²) < 4.78 is 0. The molecule has 0 amide bonds. The minimum absolute atomic E-state index is 0.850. The van der Waals surface area contributed by atoms with Crippen molar-refractivity contribution in [3.63, 3.8) is 0 Å². The average Bonchev–Trinajstić information content (AvgIpc) is 2.18. The van der Waals surface area contributed by atoms with Gasteiger partial charge in [-0.25, -0.2) is 0 Å². The fourth-order valence-corrected chi connectivity index (χ4v) is 2.26. The lowest BCUT2D eigenvalue weighted by Gasteiger charge is -2.14. The van der Waals surface area contributed by atoms with E-state index in [9.17, 15) is 0 Å². The molecule has 0 aromatic heterocycles. The van der Waals surface area contributed by atoms with E-state index < -0.39 is 0 Å². The highest BCUT2D eigenvalue weighted by atomic mass is 35.5. The second-order valence-corrected chi connectivity index (χ2v) is 4.71. The molecule has 0 N–H and O–H groups in total. The van der Waals surface area contributed by atoms with Crippen molar-refractivity contribution in [2.75, 3.05) is 5.88 Å². The molecule has 1 heteroatoms. The quantitative estimate of drug-likeness (QED) is 0.341. The van der Waals surface area contributed by atoms with Gasteiger partial charge in [-0.1, -0.05) is 65.2 Å². The highest BCUT2D eigenvalue weighted by Crippen LogP contribution is 2.21. The minimum Gasteiger partial charge on any atom is -0.127 e. The average molecular weight is 219 g/mol. The molecule has 0 spiro atoms. The summed E-state index contributed by atoms with van der Waals surface area (Å²) in [5, 5.41) is 0. The van der Waals surface area contributed by atoms with Crippen LogP contribution in [-0.4, -0.2) is 5.88 Å². The van der Waals surface area contributed by atoms with Crippen molar-refractivity contribution in [1.29, 1.82) is 0 Å². The lowest BCUT2D eigenvalue weighted by atomic mass is 9.93. The lowest BCUT2D eigenvalue weighted by Crippen LogP contribution is -2.01. The molecule has 14 heavy (non-hydrogen) atoms. The van der Waals surface area contributed by atoms with Gasteiger partial charge in [-0.15, -0.1) is 11.6 Å². The van der Waals surface area contributed by atoms with Gasteiger partial charge in [0.05, 0.1) is 0 Å². The van der Waals surface area contributed by atoms with Crippen LogP contribution in [0.25, 0.3) is 0 Å². The summed E-state index contributed by atoms with van der Waals surface area (Å²) in [4.78, 5) is 0. The predicted octanol–water partition coefficient (Wildman–Crippen LogP) is 5.39. The molecule has 0 bridgehead atoms. The van der Waals surface area contributed by atoms with Crippen molar-refractivity contribution in [3.8, 4) is 0 Å².